The molecule has 1 saturated heterocycles. The molecule has 2 fully saturated rings. The summed E-state index contributed by atoms with van der Waals surface area (Å²) in [6, 6.07) is 10.2. The van der Waals surface area contributed by atoms with E-state index in [9.17, 15) is 4.79 Å². The van der Waals surface area contributed by atoms with E-state index in [-0.39, 0.29) is 5.91 Å². The van der Waals surface area contributed by atoms with Gasteiger partial charge in [-0.1, -0.05) is 12.1 Å². The number of amides is 1. The van der Waals surface area contributed by atoms with Crippen LogP contribution >= 0.6 is 0 Å². The maximum absolute atomic E-state index is 13.1. The van der Waals surface area contributed by atoms with E-state index >= 15 is 0 Å². The van der Waals surface area contributed by atoms with Gasteiger partial charge in [-0.2, -0.15) is 5.10 Å². The van der Waals surface area contributed by atoms with Crippen LogP contribution in [0.25, 0.3) is 11.0 Å². The van der Waals surface area contributed by atoms with Crippen LogP contribution in [0.4, 0.5) is 0 Å². The molecule has 1 aliphatic carbocycles. The van der Waals surface area contributed by atoms with Crippen molar-refractivity contribution in [3.63, 3.8) is 0 Å². The maximum Gasteiger partial charge on any atom is 0.242 e. The Kier molecular flexibility index (Phi) is 3.76. The molecule has 6 nitrogen and oxygen atoms in total. The van der Waals surface area contributed by atoms with E-state index in [0.29, 0.717) is 18.4 Å². The molecule has 0 unspecified atom stereocenters. The minimum atomic E-state index is 0.194. The number of nitrogens with zero attached hydrogens (tertiary/aromatic N) is 4. The van der Waals surface area contributed by atoms with Crippen molar-refractivity contribution in [2.45, 2.75) is 44.1 Å². The molecular weight excluding hydrogens is 326 g/mol. The second-order valence-electron chi connectivity index (χ2n) is 7.51. The second-order valence-corrected chi connectivity index (χ2v) is 7.51. The summed E-state index contributed by atoms with van der Waals surface area (Å²) in [5, 5.41) is 7.12. The summed E-state index contributed by atoms with van der Waals surface area (Å²) in [5.41, 5.74) is 3.20. The Labute approximate surface area is 152 Å². The van der Waals surface area contributed by atoms with Gasteiger partial charge in [-0.25, -0.2) is 4.98 Å². The highest BCUT2D eigenvalue weighted by Crippen LogP contribution is 2.40. The summed E-state index contributed by atoms with van der Waals surface area (Å²) < 4.78 is 2.15. The number of carbonyl (C=O) groups is 1. The van der Waals surface area contributed by atoms with Crippen molar-refractivity contribution in [3.05, 3.63) is 48.0 Å². The van der Waals surface area contributed by atoms with Crippen LogP contribution in [-0.4, -0.2) is 43.6 Å². The van der Waals surface area contributed by atoms with Crippen LogP contribution in [-0.2, 0) is 11.3 Å². The van der Waals surface area contributed by atoms with Gasteiger partial charge < -0.3 is 9.47 Å². The van der Waals surface area contributed by atoms with Gasteiger partial charge >= 0.3 is 0 Å². The first-order valence-electron chi connectivity index (χ1n) is 9.52. The lowest BCUT2D eigenvalue weighted by atomic mass is 9.95. The first-order chi connectivity index (χ1) is 12.8. The van der Waals surface area contributed by atoms with Gasteiger partial charge in [0.2, 0.25) is 5.91 Å². The van der Waals surface area contributed by atoms with Crippen molar-refractivity contribution >= 4 is 16.9 Å². The highest BCUT2D eigenvalue weighted by atomic mass is 16.2. The molecule has 2 aliphatic rings. The molecule has 0 spiro atoms. The van der Waals surface area contributed by atoms with Crippen molar-refractivity contribution in [1.82, 2.24) is 24.6 Å². The van der Waals surface area contributed by atoms with Crippen LogP contribution in [0, 0.1) is 0 Å². The highest BCUT2D eigenvalue weighted by Gasteiger charge is 2.31. The number of benzene rings is 1. The normalized spacial score (nSPS) is 20.6. The molecule has 3 heterocycles. The van der Waals surface area contributed by atoms with Gasteiger partial charge in [0.15, 0.2) is 0 Å². The van der Waals surface area contributed by atoms with Gasteiger partial charge in [-0.3, -0.25) is 9.89 Å². The van der Waals surface area contributed by atoms with Crippen molar-refractivity contribution in [2.75, 3.05) is 13.1 Å². The summed E-state index contributed by atoms with van der Waals surface area (Å²) in [4.78, 5) is 19.9. The minimum Gasteiger partial charge on any atom is -0.340 e. The molecule has 1 saturated carbocycles. The molecule has 1 atom stereocenters. The lowest BCUT2D eigenvalue weighted by Crippen LogP contribution is -2.41. The maximum atomic E-state index is 13.1. The van der Waals surface area contributed by atoms with Crippen molar-refractivity contribution in [2.24, 2.45) is 0 Å². The van der Waals surface area contributed by atoms with Crippen LogP contribution < -0.4 is 0 Å². The number of aromatic amines is 1. The predicted octanol–water partition coefficient (Wildman–Crippen LogP) is 3.04. The van der Waals surface area contributed by atoms with Crippen LogP contribution in [0.1, 0.15) is 49.0 Å². The van der Waals surface area contributed by atoms with Gasteiger partial charge in [0.05, 0.1) is 11.0 Å². The molecule has 2 aromatic heterocycles. The fourth-order valence-corrected chi connectivity index (χ4v) is 4.10. The third-order valence-corrected chi connectivity index (χ3v) is 5.66. The van der Waals surface area contributed by atoms with E-state index in [4.69, 9.17) is 4.98 Å². The largest absolute Gasteiger partial charge is 0.340 e. The Morgan fingerprint density at radius 3 is 2.85 bits per heavy atom. The number of rotatable bonds is 4. The third kappa shape index (κ3) is 2.79. The Bertz CT molecular complexity index is 925. The van der Waals surface area contributed by atoms with Crippen molar-refractivity contribution < 1.29 is 4.79 Å². The van der Waals surface area contributed by atoms with E-state index < -0.39 is 0 Å². The van der Waals surface area contributed by atoms with E-state index in [1.54, 1.807) is 6.20 Å². The molecule has 1 N–H and O–H groups in total. The van der Waals surface area contributed by atoms with E-state index in [0.717, 1.165) is 48.5 Å². The smallest absolute Gasteiger partial charge is 0.242 e. The van der Waals surface area contributed by atoms with Crippen LogP contribution in [0.2, 0.25) is 0 Å². The predicted molar refractivity (Wildman–Crippen MR) is 98.9 cm³/mol. The zero-order valence-electron chi connectivity index (χ0n) is 14.8. The number of fused-ring (bicyclic) bond motifs is 1. The van der Waals surface area contributed by atoms with E-state index in [1.165, 1.54) is 12.8 Å². The van der Waals surface area contributed by atoms with Crippen LogP contribution in [0.5, 0.6) is 0 Å². The molecule has 1 aliphatic heterocycles. The number of para-hydroxylation sites is 2. The summed E-state index contributed by atoms with van der Waals surface area (Å²) >= 11 is 0. The zero-order chi connectivity index (χ0) is 17.5. The minimum absolute atomic E-state index is 0.194. The fourth-order valence-electron chi connectivity index (χ4n) is 4.10. The summed E-state index contributed by atoms with van der Waals surface area (Å²) in [6.07, 6.45) is 6.30. The average Bonchev–Trinajstić information content (AvgIpc) is 3.25. The number of nitrogens with one attached hydrogen (secondary N) is 1. The number of hydrogen-bond acceptors (Lipinski definition) is 3. The van der Waals surface area contributed by atoms with Gasteiger partial charge in [0, 0.05) is 36.8 Å². The number of aromatic nitrogens is 4. The van der Waals surface area contributed by atoms with Gasteiger partial charge in [-0.05, 0) is 43.9 Å². The Morgan fingerprint density at radius 2 is 2.04 bits per heavy atom. The quantitative estimate of drug-likeness (QED) is 0.787. The number of carbonyl (C=O) groups excluding carboxylic acids is 1. The molecular formula is C20H23N5O. The Hall–Kier alpha value is -2.63. The molecule has 26 heavy (non-hydrogen) atoms. The topological polar surface area (TPSA) is 66.8 Å². The summed E-state index contributed by atoms with van der Waals surface area (Å²) in [7, 11) is 0. The van der Waals surface area contributed by atoms with E-state index in [1.807, 2.05) is 29.2 Å². The van der Waals surface area contributed by atoms with Crippen LogP contribution in [0.15, 0.2) is 36.5 Å². The molecule has 134 valence electrons. The number of imidazole rings is 1. The number of H-pyrrole nitrogens is 1. The standard InChI is InChI=1S/C20H23N5O/c26-19(24-11-3-4-15(12-24)16-9-10-21-23-16)13-25-18-6-2-1-5-17(18)22-20(25)14-7-8-14/h1-2,5-6,9-10,14-15H,3-4,7-8,11-13H2,(H,21,23)/t15-/m1/s1. The first-order valence-corrected chi connectivity index (χ1v) is 9.52. The molecule has 1 amide bonds. The first kappa shape index (κ1) is 15.6. The molecule has 0 bridgehead atoms. The Morgan fingerprint density at radius 1 is 1.15 bits per heavy atom. The average molecular weight is 349 g/mol. The Balaban J connectivity index is 1.38. The molecule has 5 rings (SSSR count). The lowest BCUT2D eigenvalue weighted by molar-refractivity contribution is -0.133. The van der Waals surface area contributed by atoms with E-state index in [2.05, 4.69) is 20.8 Å². The highest BCUT2D eigenvalue weighted by molar-refractivity contribution is 5.81. The monoisotopic (exact) mass is 349 g/mol. The third-order valence-electron chi connectivity index (χ3n) is 5.66. The molecule has 0 radical (unpaired) electrons. The van der Waals surface area contributed by atoms with Crippen molar-refractivity contribution in [3.8, 4) is 0 Å². The fraction of sp³-hybridized carbons (Fsp3) is 0.450. The molecule has 3 aromatic rings. The summed E-state index contributed by atoms with van der Waals surface area (Å²) in [6.45, 7) is 2.00. The van der Waals surface area contributed by atoms with Gasteiger partial charge in [0.1, 0.15) is 12.4 Å². The van der Waals surface area contributed by atoms with Gasteiger partial charge in [0.25, 0.3) is 0 Å². The second kappa shape index (κ2) is 6.27. The van der Waals surface area contributed by atoms with Crippen molar-refractivity contribution in [1.29, 1.82) is 0 Å². The number of piperidine rings is 1. The zero-order valence-corrected chi connectivity index (χ0v) is 14.8. The number of likely N-dealkylation sites (tertiary alicyclic amines) is 1. The van der Waals surface area contributed by atoms with Crippen LogP contribution in [0.3, 0.4) is 0 Å². The lowest BCUT2D eigenvalue weighted by Gasteiger charge is -2.32. The number of hydrogen-bond donors (Lipinski definition) is 1. The SMILES string of the molecule is O=C(Cn1c(C2CC2)nc2ccccc21)N1CCC[C@@H](c2ccn[nH]2)C1. The molecule has 1 aromatic carbocycles. The molecule has 6 heteroatoms. The van der Waals surface area contributed by atoms with Gasteiger partial charge in [-0.15, -0.1) is 0 Å². The summed E-state index contributed by atoms with van der Waals surface area (Å²) in [5.74, 6) is 2.16.